The third kappa shape index (κ3) is 4.29. The van der Waals surface area contributed by atoms with E-state index in [1.54, 1.807) is 37.3 Å². The Morgan fingerprint density at radius 2 is 2.00 bits per heavy atom. The van der Waals surface area contributed by atoms with Crippen LogP contribution in [0.3, 0.4) is 0 Å². The van der Waals surface area contributed by atoms with Gasteiger partial charge in [0.05, 0.1) is 29.9 Å². The number of likely N-dealkylation sites (tertiary alicyclic amines) is 1. The highest BCUT2D eigenvalue weighted by Gasteiger charge is 2.47. The molecule has 30 heavy (non-hydrogen) atoms. The number of hydrogen-bond acceptors (Lipinski definition) is 6. The van der Waals surface area contributed by atoms with E-state index in [0.717, 1.165) is 0 Å². The largest absolute Gasteiger partial charge is 0.507 e. The number of amides is 1. The molecule has 2 aromatic rings. The molecule has 160 valence electrons. The van der Waals surface area contributed by atoms with E-state index < -0.39 is 17.7 Å². The van der Waals surface area contributed by atoms with E-state index >= 15 is 0 Å². The van der Waals surface area contributed by atoms with Gasteiger partial charge in [-0.15, -0.1) is 0 Å². The van der Waals surface area contributed by atoms with Crippen molar-refractivity contribution in [3.63, 3.8) is 0 Å². The maximum absolute atomic E-state index is 12.9. The molecular formula is C22H24BrNO6. The first-order chi connectivity index (χ1) is 14.2. The van der Waals surface area contributed by atoms with Crippen molar-refractivity contribution in [1.82, 2.24) is 4.90 Å². The fourth-order valence-electron chi connectivity index (χ4n) is 3.36. The quantitative estimate of drug-likeness (QED) is 0.365. The van der Waals surface area contributed by atoms with Crippen molar-refractivity contribution < 1.29 is 28.6 Å². The number of hydrogen-bond donors (Lipinski definition) is 1. The van der Waals surface area contributed by atoms with Crippen molar-refractivity contribution in [1.29, 1.82) is 0 Å². The summed E-state index contributed by atoms with van der Waals surface area (Å²) >= 11 is 3.38. The van der Waals surface area contributed by atoms with Gasteiger partial charge in [-0.2, -0.15) is 0 Å². The molecule has 1 aliphatic heterocycles. The van der Waals surface area contributed by atoms with Gasteiger partial charge in [0.2, 0.25) is 0 Å². The molecule has 0 saturated carbocycles. The summed E-state index contributed by atoms with van der Waals surface area (Å²) in [4.78, 5) is 27.1. The molecule has 1 aromatic heterocycles. The molecule has 0 radical (unpaired) electrons. The van der Waals surface area contributed by atoms with Crippen LogP contribution in [-0.4, -0.2) is 48.1 Å². The summed E-state index contributed by atoms with van der Waals surface area (Å²) in [6, 6.07) is 7.55. The normalized spacial score (nSPS) is 18.5. The first-order valence-corrected chi connectivity index (χ1v) is 10.3. The fourth-order valence-corrected chi connectivity index (χ4v) is 3.90. The highest BCUT2D eigenvalue weighted by Crippen LogP contribution is 2.40. The molecule has 8 heteroatoms. The Balaban J connectivity index is 2.08. The lowest BCUT2D eigenvalue weighted by Crippen LogP contribution is -2.33. The number of carbonyl (C=O) groups excluding carboxylic acids is 2. The number of aliphatic hydroxyl groups is 1. The van der Waals surface area contributed by atoms with E-state index in [1.807, 2.05) is 13.8 Å². The van der Waals surface area contributed by atoms with Crippen LogP contribution >= 0.6 is 15.9 Å². The minimum absolute atomic E-state index is 0.0113. The topological polar surface area (TPSA) is 89.2 Å². The van der Waals surface area contributed by atoms with Crippen LogP contribution < -0.4 is 4.74 Å². The third-order valence-corrected chi connectivity index (χ3v) is 5.40. The molecule has 1 saturated heterocycles. The van der Waals surface area contributed by atoms with Crippen molar-refractivity contribution in [3.8, 4) is 5.75 Å². The average molecular weight is 478 g/mol. The van der Waals surface area contributed by atoms with Crippen LogP contribution in [0.4, 0.5) is 0 Å². The third-order valence-electron chi connectivity index (χ3n) is 4.78. The monoisotopic (exact) mass is 477 g/mol. The van der Waals surface area contributed by atoms with Gasteiger partial charge in [0.25, 0.3) is 11.7 Å². The van der Waals surface area contributed by atoms with Crippen molar-refractivity contribution in [2.24, 2.45) is 0 Å². The number of ketones is 1. The maximum atomic E-state index is 12.9. The summed E-state index contributed by atoms with van der Waals surface area (Å²) in [6.07, 6.45) is -0.0113. The zero-order valence-electron chi connectivity index (χ0n) is 17.3. The summed E-state index contributed by atoms with van der Waals surface area (Å²) in [5.41, 5.74) is 0.364. The van der Waals surface area contributed by atoms with Crippen LogP contribution in [0.5, 0.6) is 5.75 Å². The summed E-state index contributed by atoms with van der Waals surface area (Å²) in [7, 11) is 1.53. The molecule has 1 aliphatic rings. The van der Waals surface area contributed by atoms with E-state index in [4.69, 9.17) is 13.9 Å². The lowest BCUT2D eigenvalue weighted by atomic mass is 9.99. The molecule has 1 amide bonds. The SMILES string of the molecule is COc1ccc(/C(O)=C2/C(=O)C(=O)N(CCOC(C)C)C2c2ccc(C)o2)cc1Br. The van der Waals surface area contributed by atoms with Gasteiger partial charge in [0, 0.05) is 12.1 Å². The van der Waals surface area contributed by atoms with Gasteiger partial charge < -0.3 is 23.9 Å². The molecule has 1 aromatic carbocycles. The molecule has 0 aliphatic carbocycles. The van der Waals surface area contributed by atoms with Crippen molar-refractivity contribution in [2.45, 2.75) is 32.9 Å². The van der Waals surface area contributed by atoms with Crippen molar-refractivity contribution >= 4 is 33.4 Å². The molecule has 7 nitrogen and oxygen atoms in total. The molecule has 1 fully saturated rings. The molecule has 3 rings (SSSR count). The Labute approximate surface area is 183 Å². The number of ether oxygens (including phenoxy) is 2. The number of benzene rings is 1. The number of furan rings is 1. The van der Waals surface area contributed by atoms with Crippen LogP contribution in [0.1, 0.15) is 37.0 Å². The second-order valence-electron chi connectivity index (χ2n) is 7.21. The van der Waals surface area contributed by atoms with Crippen LogP contribution in [0, 0.1) is 6.92 Å². The second kappa shape index (κ2) is 9.06. The summed E-state index contributed by atoms with van der Waals surface area (Å²) in [6.45, 7) is 6.01. The molecule has 2 heterocycles. The molecular weight excluding hydrogens is 454 g/mol. The van der Waals surface area contributed by atoms with Crippen LogP contribution in [-0.2, 0) is 14.3 Å². The molecule has 1 atom stereocenters. The lowest BCUT2D eigenvalue weighted by molar-refractivity contribution is -0.140. The van der Waals surface area contributed by atoms with Crippen LogP contribution in [0.25, 0.3) is 5.76 Å². The van der Waals surface area contributed by atoms with Crippen molar-refractivity contribution in [2.75, 3.05) is 20.3 Å². The molecule has 1 unspecified atom stereocenters. The van der Waals surface area contributed by atoms with E-state index in [1.165, 1.54) is 12.0 Å². The highest BCUT2D eigenvalue weighted by molar-refractivity contribution is 9.10. The predicted octanol–water partition coefficient (Wildman–Crippen LogP) is 4.21. The van der Waals surface area contributed by atoms with Gasteiger partial charge in [-0.25, -0.2) is 0 Å². The predicted molar refractivity (Wildman–Crippen MR) is 114 cm³/mol. The lowest BCUT2D eigenvalue weighted by Gasteiger charge is -2.23. The number of methoxy groups -OCH3 is 1. The Morgan fingerprint density at radius 3 is 2.57 bits per heavy atom. The minimum atomic E-state index is -0.838. The van der Waals surface area contributed by atoms with Gasteiger partial charge >= 0.3 is 0 Å². The number of rotatable bonds is 7. The number of aryl methyl sites for hydroxylation is 1. The molecule has 0 bridgehead atoms. The van der Waals surface area contributed by atoms with E-state index in [0.29, 0.717) is 27.3 Å². The van der Waals surface area contributed by atoms with Gasteiger partial charge in [0.15, 0.2) is 0 Å². The van der Waals surface area contributed by atoms with E-state index in [9.17, 15) is 14.7 Å². The Kier molecular flexibility index (Phi) is 6.67. The van der Waals surface area contributed by atoms with E-state index in [2.05, 4.69) is 15.9 Å². The first kappa shape index (κ1) is 22.1. The summed E-state index contributed by atoms with van der Waals surface area (Å²) < 4.78 is 17.1. The zero-order chi connectivity index (χ0) is 22.0. The average Bonchev–Trinajstić information content (AvgIpc) is 3.23. The van der Waals surface area contributed by atoms with Gasteiger partial charge in [-0.1, -0.05) is 0 Å². The fraction of sp³-hybridized carbons (Fsp3) is 0.364. The Bertz CT molecular complexity index is 993. The number of aliphatic hydroxyl groups excluding tert-OH is 1. The molecule has 1 N–H and O–H groups in total. The Hall–Kier alpha value is -2.58. The van der Waals surface area contributed by atoms with Gasteiger partial charge in [-0.05, 0) is 67.0 Å². The first-order valence-electron chi connectivity index (χ1n) is 9.54. The van der Waals surface area contributed by atoms with Crippen molar-refractivity contribution in [3.05, 3.63) is 57.5 Å². The van der Waals surface area contributed by atoms with E-state index in [-0.39, 0.29) is 30.6 Å². The summed E-state index contributed by atoms with van der Waals surface area (Å²) in [5, 5.41) is 11.0. The zero-order valence-corrected chi connectivity index (χ0v) is 18.9. The van der Waals surface area contributed by atoms with Crippen LogP contribution in [0.2, 0.25) is 0 Å². The highest BCUT2D eigenvalue weighted by atomic mass is 79.9. The second-order valence-corrected chi connectivity index (χ2v) is 8.06. The van der Waals surface area contributed by atoms with Gasteiger partial charge in [0.1, 0.15) is 29.1 Å². The number of nitrogens with zero attached hydrogens (tertiary/aromatic N) is 1. The number of Topliss-reactive ketones (excluding diaryl/α,β-unsaturated/α-hetero) is 1. The Morgan fingerprint density at radius 1 is 1.27 bits per heavy atom. The van der Waals surface area contributed by atoms with Gasteiger partial charge in [-0.3, -0.25) is 9.59 Å². The minimum Gasteiger partial charge on any atom is -0.507 e. The van der Waals surface area contributed by atoms with Crippen LogP contribution in [0.15, 0.2) is 44.8 Å². The smallest absolute Gasteiger partial charge is 0.295 e. The standard InChI is InChI=1S/C22H24BrNO6/c1-12(2)29-10-9-24-19(17-7-5-13(3)30-17)18(21(26)22(24)27)20(25)14-6-8-16(28-4)15(23)11-14/h5-8,11-12,19,25H,9-10H2,1-4H3/b20-18-. The number of halogens is 1. The number of carbonyl (C=O) groups is 2. The maximum Gasteiger partial charge on any atom is 0.295 e. The summed E-state index contributed by atoms with van der Waals surface area (Å²) in [5.74, 6) is -0.107. The molecule has 0 spiro atoms.